The highest BCUT2D eigenvalue weighted by molar-refractivity contribution is 6.34. The van der Waals surface area contributed by atoms with E-state index in [1.807, 2.05) is 6.07 Å². The Morgan fingerprint density at radius 1 is 1.22 bits per heavy atom. The molecule has 0 aliphatic carbocycles. The van der Waals surface area contributed by atoms with Crippen LogP contribution in [0.5, 0.6) is 0 Å². The Morgan fingerprint density at radius 2 is 1.93 bits per heavy atom. The van der Waals surface area contributed by atoms with Gasteiger partial charge in [-0.15, -0.1) is 0 Å². The van der Waals surface area contributed by atoms with Gasteiger partial charge in [-0.1, -0.05) is 29.8 Å². The van der Waals surface area contributed by atoms with Crippen molar-refractivity contribution in [3.05, 3.63) is 62.0 Å². The number of fused-ring (bicyclic) bond motifs is 1. The standard InChI is InChI=1S/C17H17ClN6O3/c1-10(11-6-4-5-7-12(11)18)20-21-13(25)8-24-9-19-15-14(24)16(26)23(3)17(27)22(15)2/h4-7,9H,8H2,1-3H3,(H,21,25). The van der Waals surface area contributed by atoms with Crippen LogP contribution in [0.25, 0.3) is 11.2 Å². The molecule has 3 rings (SSSR count). The van der Waals surface area contributed by atoms with Crippen molar-refractivity contribution >= 4 is 34.4 Å². The van der Waals surface area contributed by atoms with Crippen molar-refractivity contribution in [2.75, 3.05) is 0 Å². The van der Waals surface area contributed by atoms with Crippen LogP contribution in [-0.4, -0.2) is 30.3 Å². The predicted octanol–water partition coefficient (Wildman–Crippen LogP) is 0.628. The van der Waals surface area contributed by atoms with E-state index < -0.39 is 17.2 Å². The van der Waals surface area contributed by atoms with Gasteiger partial charge < -0.3 is 4.57 Å². The van der Waals surface area contributed by atoms with E-state index in [1.165, 1.54) is 29.6 Å². The van der Waals surface area contributed by atoms with Crippen molar-refractivity contribution in [2.45, 2.75) is 13.5 Å². The van der Waals surface area contributed by atoms with E-state index in [1.54, 1.807) is 25.1 Å². The quantitative estimate of drug-likeness (QED) is 0.523. The molecule has 0 saturated carbocycles. The molecule has 0 aliphatic heterocycles. The SMILES string of the molecule is CC(=NNC(=O)Cn1cnc2c1c(=O)n(C)c(=O)n2C)c1ccccc1Cl. The molecule has 2 aromatic heterocycles. The van der Waals surface area contributed by atoms with Gasteiger partial charge >= 0.3 is 5.69 Å². The Labute approximate surface area is 158 Å². The smallest absolute Gasteiger partial charge is 0.315 e. The monoisotopic (exact) mass is 388 g/mol. The van der Waals surface area contributed by atoms with Gasteiger partial charge in [-0.25, -0.2) is 15.2 Å². The first kappa shape index (κ1) is 18.6. The van der Waals surface area contributed by atoms with Gasteiger partial charge in [-0.3, -0.25) is 18.7 Å². The molecule has 0 radical (unpaired) electrons. The molecule has 3 aromatic rings. The minimum Gasteiger partial charge on any atom is -0.315 e. The van der Waals surface area contributed by atoms with Crippen molar-refractivity contribution in [1.82, 2.24) is 24.1 Å². The molecular formula is C17H17ClN6O3. The predicted molar refractivity (Wildman–Crippen MR) is 102 cm³/mol. The number of amides is 1. The van der Waals surface area contributed by atoms with Crippen LogP contribution in [0.15, 0.2) is 45.3 Å². The summed E-state index contributed by atoms with van der Waals surface area (Å²) in [4.78, 5) is 40.6. The van der Waals surface area contributed by atoms with E-state index in [2.05, 4.69) is 15.5 Å². The van der Waals surface area contributed by atoms with E-state index in [9.17, 15) is 14.4 Å². The summed E-state index contributed by atoms with van der Waals surface area (Å²) < 4.78 is 3.61. The van der Waals surface area contributed by atoms with Crippen LogP contribution in [0.1, 0.15) is 12.5 Å². The normalized spacial score (nSPS) is 11.8. The summed E-state index contributed by atoms with van der Waals surface area (Å²) in [5.41, 5.74) is 3.06. The summed E-state index contributed by atoms with van der Waals surface area (Å²) in [6.45, 7) is 1.54. The molecule has 1 amide bonds. The van der Waals surface area contributed by atoms with Gasteiger partial charge in [0, 0.05) is 24.7 Å². The number of nitrogens with one attached hydrogen (secondary N) is 1. The average Bonchev–Trinajstić information content (AvgIpc) is 3.06. The molecular weight excluding hydrogens is 372 g/mol. The summed E-state index contributed by atoms with van der Waals surface area (Å²) in [5.74, 6) is -0.448. The highest BCUT2D eigenvalue weighted by atomic mass is 35.5. The number of rotatable bonds is 4. The number of aromatic nitrogens is 4. The molecule has 2 heterocycles. The lowest BCUT2D eigenvalue weighted by Gasteiger charge is -2.07. The maximum Gasteiger partial charge on any atom is 0.332 e. The average molecular weight is 389 g/mol. The van der Waals surface area contributed by atoms with Crippen LogP contribution >= 0.6 is 11.6 Å². The van der Waals surface area contributed by atoms with Crippen LogP contribution in [0, 0.1) is 0 Å². The zero-order valence-corrected chi connectivity index (χ0v) is 15.7. The third-order valence-corrected chi connectivity index (χ3v) is 4.47. The first-order chi connectivity index (χ1) is 12.8. The number of carbonyl (C=O) groups is 1. The summed E-state index contributed by atoms with van der Waals surface area (Å²) >= 11 is 6.10. The topological polar surface area (TPSA) is 103 Å². The summed E-state index contributed by atoms with van der Waals surface area (Å²) in [7, 11) is 2.89. The number of benzene rings is 1. The highest BCUT2D eigenvalue weighted by Gasteiger charge is 2.15. The molecule has 27 heavy (non-hydrogen) atoms. The maximum atomic E-state index is 12.4. The van der Waals surface area contributed by atoms with Crippen molar-refractivity contribution < 1.29 is 4.79 Å². The number of carbonyl (C=O) groups excluding carboxylic acids is 1. The number of aryl methyl sites for hydroxylation is 1. The number of halogens is 1. The minimum absolute atomic E-state index is 0.168. The maximum absolute atomic E-state index is 12.4. The molecule has 0 atom stereocenters. The fourth-order valence-electron chi connectivity index (χ4n) is 2.67. The van der Waals surface area contributed by atoms with Gasteiger partial charge in [0.15, 0.2) is 11.2 Å². The third-order valence-electron chi connectivity index (χ3n) is 4.14. The number of nitrogens with zero attached hydrogens (tertiary/aromatic N) is 5. The lowest BCUT2D eigenvalue weighted by Crippen LogP contribution is -2.38. The van der Waals surface area contributed by atoms with Gasteiger partial charge in [0.2, 0.25) is 0 Å². The van der Waals surface area contributed by atoms with Crippen LogP contribution in [-0.2, 0) is 25.4 Å². The van der Waals surface area contributed by atoms with E-state index in [-0.39, 0.29) is 17.7 Å². The summed E-state index contributed by atoms with van der Waals surface area (Å²) in [6.07, 6.45) is 1.34. The lowest BCUT2D eigenvalue weighted by molar-refractivity contribution is -0.121. The van der Waals surface area contributed by atoms with Gasteiger partial charge in [-0.2, -0.15) is 5.10 Å². The second-order valence-electron chi connectivity index (χ2n) is 5.96. The largest absolute Gasteiger partial charge is 0.332 e. The Hall–Kier alpha value is -3.20. The van der Waals surface area contributed by atoms with Crippen LogP contribution in [0.3, 0.4) is 0 Å². The molecule has 0 aliphatic rings. The number of hydrogen-bond donors (Lipinski definition) is 1. The number of hydrazone groups is 1. The van der Waals surface area contributed by atoms with Gasteiger partial charge in [0.1, 0.15) is 6.54 Å². The molecule has 10 heteroatoms. The van der Waals surface area contributed by atoms with E-state index in [0.29, 0.717) is 16.3 Å². The molecule has 140 valence electrons. The van der Waals surface area contributed by atoms with Crippen molar-refractivity contribution in [3.8, 4) is 0 Å². The molecule has 0 spiro atoms. The molecule has 0 saturated heterocycles. The van der Waals surface area contributed by atoms with Gasteiger partial charge in [0.05, 0.1) is 12.0 Å². The van der Waals surface area contributed by atoms with Crippen LogP contribution in [0.2, 0.25) is 5.02 Å². The lowest BCUT2D eigenvalue weighted by atomic mass is 10.1. The van der Waals surface area contributed by atoms with Crippen LogP contribution in [0.4, 0.5) is 0 Å². The van der Waals surface area contributed by atoms with Gasteiger partial charge in [-0.05, 0) is 13.0 Å². The first-order valence-electron chi connectivity index (χ1n) is 8.00. The van der Waals surface area contributed by atoms with Crippen LogP contribution < -0.4 is 16.7 Å². The second-order valence-corrected chi connectivity index (χ2v) is 6.37. The first-order valence-corrected chi connectivity index (χ1v) is 8.38. The number of imidazole rings is 1. The van der Waals surface area contributed by atoms with E-state index in [0.717, 1.165) is 4.57 Å². The third kappa shape index (κ3) is 3.41. The molecule has 0 fully saturated rings. The van der Waals surface area contributed by atoms with Gasteiger partial charge in [0.25, 0.3) is 11.5 Å². The molecule has 1 aromatic carbocycles. The zero-order chi connectivity index (χ0) is 19.7. The van der Waals surface area contributed by atoms with E-state index >= 15 is 0 Å². The fraction of sp³-hybridized carbons (Fsp3) is 0.235. The van der Waals surface area contributed by atoms with E-state index in [4.69, 9.17) is 11.6 Å². The number of hydrogen-bond acceptors (Lipinski definition) is 5. The molecule has 0 bridgehead atoms. The Balaban J connectivity index is 1.85. The minimum atomic E-state index is -0.519. The molecule has 9 nitrogen and oxygen atoms in total. The molecule has 1 N–H and O–H groups in total. The summed E-state index contributed by atoms with van der Waals surface area (Å²) in [5, 5.41) is 4.57. The fourth-order valence-corrected chi connectivity index (χ4v) is 2.94. The second kappa shape index (κ2) is 7.20. The Kier molecular flexibility index (Phi) is 4.95. The molecule has 0 unspecified atom stereocenters. The van der Waals surface area contributed by atoms with Crippen molar-refractivity contribution in [2.24, 2.45) is 19.2 Å². The zero-order valence-electron chi connectivity index (χ0n) is 14.9. The Morgan fingerprint density at radius 3 is 2.63 bits per heavy atom. The summed E-state index contributed by atoms with van der Waals surface area (Å²) in [6, 6.07) is 7.14. The highest BCUT2D eigenvalue weighted by Crippen LogP contribution is 2.15. The van der Waals surface area contributed by atoms with Crippen molar-refractivity contribution in [3.63, 3.8) is 0 Å². The van der Waals surface area contributed by atoms with Crippen molar-refractivity contribution in [1.29, 1.82) is 0 Å². The Bertz CT molecular complexity index is 1190.